The number of aromatic amines is 1. The molecule has 0 spiro atoms. The molecule has 49 heavy (non-hydrogen) atoms. The lowest BCUT2D eigenvalue weighted by Crippen LogP contribution is -2.35. The molecule has 2 aromatic carbocycles. The Morgan fingerprint density at radius 3 is 2.27 bits per heavy atom. The highest BCUT2D eigenvalue weighted by molar-refractivity contribution is 7.87. The molecule has 12 nitrogen and oxygen atoms in total. The minimum absolute atomic E-state index is 0.0189. The van der Waals surface area contributed by atoms with Gasteiger partial charge in [-0.25, -0.2) is 9.78 Å². The molecule has 3 N–H and O–H groups in total. The Balaban J connectivity index is 1.63. The van der Waals surface area contributed by atoms with Crippen LogP contribution in [0.5, 0.6) is 23.0 Å². The first-order chi connectivity index (χ1) is 23.4. The van der Waals surface area contributed by atoms with Crippen molar-refractivity contribution in [2.75, 3.05) is 52.3 Å². The molecule has 3 aromatic rings. The number of halogens is 4. The van der Waals surface area contributed by atoms with E-state index in [2.05, 4.69) is 9.72 Å². The van der Waals surface area contributed by atoms with Crippen molar-refractivity contribution in [3.63, 3.8) is 0 Å². The third-order valence-corrected chi connectivity index (χ3v) is 9.26. The average Bonchev–Trinajstić information content (AvgIpc) is 3.89. The number of benzene rings is 2. The Bertz CT molecular complexity index is 1660. The van der Waals surface area contributed by atoms with Crippen molar-refractivity contribution in [2.24, 2.45) is 5.92 Å². The number of aliphatic hydroxyl groups is 2. The second kappa shape index (κ2) is 18.0. The molecule has 0 bridgehead atoms. The lowest BCUT2D eigenvalue weighted by Gasteiger charge is -2.22. The standard InChI is InChI=1S/C32H36Cl2F2N2O10S/c1-44-26-6-5-22(15-30(26)48-49(42,43)13-10-38(8-11-39)9-12-40)31(41)46-28(16-23-24(33)17-37-18-25(23)34)21-4-7-27(47-32(35)36)29(14-21)45-19-20-2-3-20/h4-7,14-15,17-18,20,28,32,39-40H,2-3,8-13,16,19H2,1H3/p+1/t28-/m0/s1. The minimum Gasteiger partial charge on any atom is -0.493 e. The van der Waals surface area contributed by atoms with Crippen LogP contribution in [0, 0.1) is 5.92 Å². The molecule has 0 saturated heterocycles. The normalized spacial score (nSPS) is 13.7. The third-order valence-electron chi connectivity index (χ3n) is 7.47. The number of rotatable bonds is 20. The Kier molecular flexibility index (Phi) is 14.1. The molecule has 1 aliphatic rings. The first kappa shape index (κ1) is 38.3. The van der Waals surface area contributed by atoms with Gasteiger partial charge < -0.3 is 33.3 Å². The van der Waals surface area contributed by atoms with Crippen molar-refractivity contribution in [2.45, 2.75) is 32.0 Å². The number of methoxy groups -OCH3 is 1. The van der Waals surface area contributed by atoms with E-state index in [1.165, 1.54) is 49.8 Å². The molecule has 1 heterocycles. The number of hydrogen-bond acceptors (Lipinski definition) is 11. The molecular weight excluding hydrogens is 713 g/mol. The van der Waals surface area contributed by atoms with E-state index < -0.39 is 34.6 Å². The molecule has 17 heteroatoms. The largest absolute Gasteiger partial charge is 0.493 e. The summed E-state index contributed by atoms with van der Waals surface area (Å²) in [6, 6.07) is 8.02. The Morgan fingerprint density at radius 1 is 0.980 bits per heavy atom. The summed E-state index contributed by atoms with van der Waals surface area (Å²) in [5, 5.41) is 18.9. The van der Waals surface area contributed by atoms with E-state index in [-0.39, 0.29) is 84.5 Å². The molecule has 0 amide bonds. The fraction of sp³-hybridized carbons (Fsp3) is 0.438. The molecular formula is C32H37Cl2F2N2O10S+. The van der Waals surface area contributed by atoms with Gasteiger partial charge in [0.25, 0.3) is 0 Å². The minimum atomic E-state index is -4.23. The van der Waals surface area contributed by atoms with Crippen LogP contribution in [0.15, 0.2) is 48.8 Å². The number of aromatic nitrogens is 1. The summed E-state index contributed by atoms with van der Waals surface area (Å²) >= 11 is 12.8. The van der Waals surface area contributed by atoms with Gasteiger partial charge in [0.1, 0.15) is 16.1 Å². The number of esters is 1. The highest BCUT2D eigenvalue weighted by Crippen LogP contribution is 2.38. The predicted octanol–water partition coefficient (Wildman–Crippen LogP) is 4.34. The van der Waals surface area contributed by atoms with E-state index in [1.54, 1.807) is 4.90 Å². The smallest absolute Gasteiger partial charge is 0.387 e. The second-order valence-corrected chi connectivity index (χ2v) is 13.6. The molecule has 1 saturated carbocycles. The maximum atomic E-state index is 13.6. The van der Waals surface area contributed by atoms with Gasteiger partial charge in [0.2, 0.25) is 0 Å². The number of nitrogens with zero attached hydrogens (tertiary/aromatic N) is 1. The van der Waals surface area contributed by atoms with Gasteiger partial charge in [-0.2, -0.15) is 17.2 Å². The number of hydrogen-bond donors (Lipinski definition) is 2. The third kappa shape index (κ3) is 11.5. The second-order valence-electron chi connectivity index (χ2n) is 11.1. The molecule has 1 aromatic heterocycles. The number of nitrogens with one attached hydrogen (secondary N) is 1. The van der Waals surface area contributed by atoms with Crippen LogP contribution < -0.4 is 23.4 Å². The zero-order valence-corrected chi connectivity index (χ0v) is 28.8. The fourth-order valence-electron chi connectivity index (χ4n) is 4.71. The van der Waals surface area contributed by atoms with Crippen molar-refractivity contribution in [3.05, 3.63) is 75.5 Å². The van der Waals surface area contributed by atoms with E-state index >= 15 is 0 Å². The first-order valence-corrected chi connectivity index (χ1v) is 17.6. The molecule has 0 unspecified atom stereocenters. The number of carbonyl (C=O) groups is 1. The molecule has 1 atom stereocenters. The molecule has 1 aliphatic carbocycles. The van der Waals surface area contributed by atoms with Crippen molar-refractivity contribution >= 4 is 39.3 Å². The number of pyridine rings is 1. The van der Waals surface area contributed by atoms with E-state index in [9.17, 15) is 32.2 Å². The zero-order valence-electron chi connectivity index (χ0n) is 26.4. The number of aliphatic hydroxyl groups excluding tert-OH is 2. The number of carbonyl (C=O) groups excluding carboxylic acids is 1. The van der Waals surface area contributed by atoms with Gasteiger partial charge in [0, 0.05) is 37.7 Å². The molecule has 4 rings (SSSR count). The molecule has 0 aliphatic heterocycles. The van der Waals surface area contributed by atoms with Gasteiger partial charge in [-0.3, -0.25) is 4.90 Å². The van der Waals surface area contributed by atoms with E-state index in [0.29, 0.717) is 17.0 Å². The van der Waals surface area contributed by atoms with E-state index in [0.717, 1.165) is 18.9 Å². The van der Waals surface area contributed by atoms with Crippen molar-refractivity contribution < 1.29 is 60.3 Å². The molecule has 1 fully saturated rings. The maximum absolute atomic E-state index is 13.6. The number of alkyl halides is 2. The summed E-state index contributed by atoms with van der Waals surface area (Å²) in [6.07, 6.45) is 3.76. The SMILES string of the molecule is COc1ccc(C(=O)O[C@@H](Cc2c(Cl)c[nH+]cc2Cl)c2ccc(OC(F)F)c(OCC3CC3)c2)cc1OS(=O)(=O)CCN(CCO)CCO. The Labute approximate surface area is 292 Å². The summed E-state index contributed by atoms with van der Waals surface area (Å²) in [6.45, 7) is -3.02. The van der Waals surface area contributed by atoms with Gasteiger partial charge in [0.15, 0.2) is 35.4 Å². The van der Waals surface area contributed by atoms with Crippen LogP contribution in [0.4, 0.5) is 8.78 Å². The highest BCUT2D eigenvalue weighted by atomic mass is 35.5. The quantitative estimate of drug-likeness (QED) is 0.125. The van der Waals surface area contributed by atoms with Crippen molar-refractivity contribution in [1.82, 2.24) is 4.90 Å². The summed E-state index contributed by atoms with van der Waals surface area (Å²) in [7, 11) is -2.94. The van der Waals surface area contributed by atoms with E-state index in [4.69, 9.17) is 41.6 Å². The van der Waals surface area contributed by atoms with Gasteiger partial charge in [0.05, 0.1) is 38.2 Å². The van der Waals surface area contributed by atoms with Crippen molar-refractivity contribution in [3.8, 4) is 23.0 Å². The summed E-state index contributed by atoms with van der Waals surface area (Å²) in [5.74, 6) is -1.50. The van der Waals surface area contributed by atoms with E-state index in [1.807, 2.05) is 0 Å². The fourth-order valence-corrected chi connectivity index (χ4v) is 6.21. The number of ether oxygens (including phenoxy) is 4. The summed E-state index contributed by atoms with van der Waals surface area (Å²) in [5.41, 5.74) is 0.678. The van der Waals surface area contributed by atoms with Crippen molar-refractivity contribution in [1.29, 1.82) is 0 Å². The van der Waals surface area contributed by atoms with Gasteiger partial charge >= 0.3 is 22.7 Å². The van der Waals surface area contributed by atoms with Crippen LogP contribution in [0.2, 0.25) is 10.0 Å². The average molecular weight is 751 g/mol. The highest BCUT2D eigenvalue weighted by Gasteiger charge is 2.27. The van der Waals surface area contributed by atoms with Gasteiger partial charge in [-0.1, -0.05) is 29.3 Å². The van der Waals surface area contributed by atoms with Crippen LogP contribution in [0.25, 0.3) is 0 Å². The van der Waals surface area contributed by atoms with Crippen LogP contribution >= 0.6 is 23.2 Å². The molecule has 268 valence electrons. The monoisotopic (exact) mass is 749 g/mol. The van der Waals surface area contributed by atoms with Crippen LogP contribution in [-0.2, 0) is 21.3 Å². The van der Waals surface area contributed by atoms with Crippen LogP contribution in [0.1, 0.15) is 40.4 Å². The zero-order chi connectivity index (χ0) is 35.6. The lowest BCUT2D eigenvalue weighted by molar-refractivity contribution is -0.377. The van der Waals surface area contributed by atoms with Crippen LogP contribution in [-0.4, -0.2) is 88.4 Å². The lowest BCUT2D eigenvalue weighted by atomic mass is 10.0. The first-order valence-electron chi connectivity index (χ1n) is 15.2. The Morgan fingerprint density at radius 2 is 1.65 bits per heavy atom. The predicted molar refractivity (Wildman–Crippen MR) is 174 cm³/mol. The summed E-state index contributed by atoms with van der Waals surface area (Å²) < 4.78 is 79.1. The Hall–Kier alpha value is -3.47. The van der Waals surface area contributed by atoms with Gasteiger partial charge in [-0.05, 0) is 48.6 Å². The summed E-state index contributed by atoms with van der Waals surface area (Å²) in [4.78, 5) is 18.0. The topological polar surface area (TPSA) is 155 Å². The molecule has 0 radical (unpaired) electrons. The van der Waals surface area contributed by atoms with Gasteiger partial charge in [-0.15, -0.1) is 0 Å². The maximum Gasteiger partial charge on any atom is 0.387 e. The number of H-pyrrole nitrogens is 1. The van der Waals surface area contributed by atoms with Crippen LogP contribution in [0.3, 0.4) is 0 Å².